The largest absolute Gasteiger partial charge is 0.497 e. The molecule has 2 aromatic carbocycles. The van der Waals surface area contributed by atoms with Crippen molar-refractivity contribution in [3.8, 4) is 5.75 Å². The van der Waals surface area contributed by atoms with Gasteiger partial charge in [0.1, 0.15) is 5.75 Å². The van der Waals surface area contributed by atoms with Crippen molar-refractivity contribution in [2.75, 3.05) is 25.1 Å². The summed E-state index contributed by atoms with van der Waals surface area (Å²) in [5.41, 5.74) is 4.30. The summed E-state index contributed by atoms with van der Waals surface area (Å²) in [6.07, 6.45) is 3.18. The molecule has 2 aliphatic rings. The Bertz CT molecular complexity index is 983. The van der Waals surface area contributed by atoms with Gasteiger partial charge >= 0.3 is 5.97 Å². The molecule has 2 N–H and O–H groups in total. The van der Waals surface area contributed by atoms with Gasteiger partial charge in [0.15, 0.2) is 0 Å². The van der Waals surface area contributed by atoms with Crippen molar-refractivity contribution < 1.29 is 19.4 Å². The fraction of sp³-hybridized carbons (Fsp3) is 0.440. The summed E-state index contributed by atoms with van der Waals surface area (Å²) in [6.45, 7) is 3.19. The molecule has 2 aromatic rings. The second-order valence-electron chi connectivity index (χ2n) is 8.69. The second-order valence-corrected chi connectivity index (χ2v) is 8.69. The molecule has 1 aliphatic heterocycles. The van der Waals surface area contributed by atoms with Crippen LogP contribution in [-0.2, 0) is 15.1 Å². The van der Waals surface area contributed by atoms with E-state index in [-0.39, 0.29) is 23.8 Å². The molecular weight excluding hydrogens is 392 g/mol. The molecule has 0 saturated heterocycles. The highest BCUT2D eigenvalue weighted by Crippen LogP contribution is 2.46. The number of aryl methyl sites for hydroxylation is 1. The summed E-state index contributed by atoms with van der Waals surface area (Å²) < 4.78 is 5.35. The summed E-state index contributed by atoms with van der Waals surface area (Å²) in [7, 11) is 1.67. The Labute approximate surface area is 183 Å². The van der Waals surface area contributed by atoms with Crippen LogP contribution in [0.4, 0.5) is 5.69 Å². The van der Waals surface area contributed by atoms with Crippen molar-refractivity contribution in [2.24, 2.45) is 0 Å². The Balaban J connectivity index is 1.39. The molecule has 0 spiro atoms. The van der Waals surface area contributed by atoms with Gasteiger partial charge in [-0.25, -0.2) is 0 Å². The summed E-state index contributed by atoms with van der Waals surface area (Å²) in [5.74, 6) is 0.208. The van der Waals surface area contributed by atoms with E-state index in [1.54, 1.807) is 7.11 Å². The molecular formula is C25H30N2O4. The molecule has 1 fully saturated rings. The lowest BCUT2D eigenvalue weighted by Gasteiger charge is -2.21. The normalized spacial score (nSPS) is 18.5. The lowest BCUT2D eigenvalue weighted by Crippen LogP contribution is -2.35. The molecule has 0 aromatic heterocycles. The van der Waals surface area contributed by atoms with E-state index in [1.165, 1.54) is 5.56 Å². The van der Waals surface area contributed by atoms with Gasteiger partial charge in [-0.3, -0.25) is 9.59 Å². The van der Waals surface area contributed by atoms with Crippen LogP contribution in [-0.4, -0.2) is 37.2 Å². The van der Waals surface area contributed by atoms with E-state index >= 15 is 0 Å². The number of aliphatic carboxylic acids is 1. The first-order valence-corrected chi connectivity index (χ1v) is 10.9. The van der Waals surface area contributed by atoms with Crippen LogP contribution in [0, 0.1) is 6.92 Å². The second kappa shape index (κ2) is 8.71. The Morgan fingerprint density at radius 1 is 1.19 bits per heavy atom. The SMILES string of the molecule is COc1cccc(C2(NCCC(=O)N3CC(CCC(=O)O)c4cc(C)ccc43)CC2)c1. The van der Waals surface area contributed by atoms with Gasteiger partial charge in [-0.2, -0.15) is 0 Å². The number of nitrogens with zero attached hydrogens (tertiary/aromatic N) is 1. The third-order valence-electron chi connectivity index (χ3n) is 6.50. The summed E-state index contributed by atoms with van der Waals surface area (Å²) >= 11 is 0. The van der Waals surface area contributed by atoms with Gasteiger partial charge in [0.05, 0.1) is 7.11 Å². The number of carboxylic acids is 1. The number of nitrogens with one attached hydrogen (secondary N) is 1. The molecule has 1 saturated carbocycles. The molecule has 0 bridgehead atoms. The topological polar surface area (TPSA) is 78.9 Å². The lowest BCUT2D eigenvalue weighted by atomic mass is 9.95. The maximum atomic E-state index is 13.1. The van der Waals surface area contributed by atoms with Crippen LogP contribution in [0.15, 0.2) is 42.5 Å². The number of carbonyl (C=O) groups is 2. The number of carboxylic acid groups (broad SMARTS) is 1. The van der Waals surface area contributed by atoms with Crippen molar-refractivity contribution in [3.63, 3.8) is 0 Å². The molecule has 6 heteroatoms. The van der Waals surface area contributed by atoms with Crippen molar-refractivity contribution in [1.82, 2.24) is 5.32 Å². The average molecular weight is 423 g/mol. The van der Waals surface area contributed by atoms with Gasteiger partial charge in [0.25, 0.3) is 0 Å². The maximum absolute atomic E-state index is 13.1. The quantitative estimate of drug-likeness (QED) is 0.639. The van der Waals surface area contributed by atoms with Crippen molar-refractivity contribution in [2.45, 2.75) is 50.5 Å². The van der Waals surface area contributed by atoms with Crippen molar-refractivity contribution >= 4 is 17.6 Å². The van der Waals surface area contributed by atoms with E-state index in [4.69, 9.17) is 9.84 Å². The number of fused-ring (bicyclic) bond motifs is 1. The Hall–Kier alpha value is -2.86. The van der Waals surface area contributed by atoms with Crippen LogP contribution in [0.25, 0.3) is 0 Å². The van der Waals surface area contributed by atoms with E-state index in [0.717, 1.165) is 35.4 Å². The minimum atomic E-state index is -0.796. The van der Waals surface area contributed by atoms with Gasteiger partial charge in [-0.15, -0.1) is 0 Å². The third kappa shape index (κ3) is 4.59. The number of anilines is 1. The van der Waals surface area contributed by atoms with Crippen molar-refractivity contribution in [1.29, 1.82) is 0 Å². The van der Waals surface area contributed by atoms with Crippen LogP contribution >= 0.6 is 0 Å². The predicted octanol–water partition coefficient (Wildman–Crippen LogP) is 3.97. The highest BCUT2D eigenvalue weighted by molar-refractivity contribution is 5.96. The Morgan fingerprint density at radius 2 is 2.00 bits per heavy atom. The first-order chi connectivity index (χ1) is 14.9. The standard InChI is InChI=1S/C25H30N2O4/c1-17-6-8-22-21(14-17)18(7-9-24(29)30)16-27(22)23(28)10-13-26-25(11-12-25)19-4-3-5-20(15-19)31-2/h3-6,8,14-15,18,26H,7,9-13,16H2,1-2H3,(H,29,30). The highest BCUT2D eigenvalue weighted by Gasteiger charge is 2.44. The number of hydrogen-bond donors (Lipinski definition) is 2. The fourth-order valence-electron chi connectivity index (χ4n) is 4.60. The summed E-state index contributed by atoms with van der Waals surface area (Å²) in [5, 5.41) is 12.7. The zero-order chi connectivity index (χ0) is 22.0. The van der Waals surface area contributed by atoms with E-state index < -0.39 is 5.97 Å². The number of hydrogen-bond acceptors (Lipinski definition) is 4. The number of methoxy groups -OCH3 is 1. The van der Waals surface area contributed by atoms with Crippen LogP contribution in [0.3, 0.4) is 0 Å². The zero-order valence-corrected chi connectivity index (χ0v) is 18.2. The molecule has 1 heterocycles. The van der Waals surface area contributed by atoms with E-state index in [2.05, 4.69) is 23.5 Å². The number of carbonyl (C=O) groups excluding carboxylic acids is 1. The number of benzene rings is 2. The molecule has 6 nitrogen and oxygen atoms in total. The molecule has 1 aliphatic carbocycles. The van der Waals surface area contributed by atoms with Crippen LogP contribution in [0.2, 0.25) is 0 Å². The molecule has 1 unspecified atom stereocenters. The Morgan fingerprint density at radius 3 is 2.71 bits per heavy atom. The first-order valence-electron chi connectivity index (χ1n) is 10.9. The van der Waals surface area contributed by atoms with Crippen LogP contribution in [0.5, 0.6) is 5.75 Å². The van der Waals surface area contributed by atoms with E-state index in [9.17, 15) is 9.59 Å². The predicted molar refractivity (Wildman–Crippen MR) is 120 cm³/mol. The van der Waals surface area contributed by atoms with Gasteiger partial charge in [-0.05, 0) is 55.5 Å². The first kappa shape index (κ1) is 21.4. The third-order valence-corrected chi connectivity index (χ3v) is 6.50. The molecule has 4 rings (SSSR count). The monoisotopic (exact) mass is 422 g/mol. The number of ether oxygens (including phenoxy) is 1. The van der Waals surface area contributed by atoms with Gasteiger partial charge in [0, 0.05) is 43.1 Å². The number of amides is 1. The van der Waals surface area contributed by atoms with Crippen LogP contribution < -0.4 is 15.0 Å². The summed E-state index contributed by atoms with van der Waals surface area (Å²) in [6, 6.07) is 14.2. The number of rotatable bonds is 9. The highest BCUT2D eigenvalue weighted by atomic mass is 16.5. The fourth-order valence-corrected chi connectivity index (χ4v) is 4.60. The van der Waals surface area contributed by atoms with Crippen molar-refractivity contribution in [3.05, 3.63) is 59.2 Å². The molecule has 31 heavy (non-hydrogen) atoms. The molecule has 0 radical (unpaired) electrons. The van der Waals surface area contributed by atoms with Gasteiger partial charge in [0.2, 0.25) is 5.91 Å². The lowest BCUT2D eigenvalue weighted by molar-refractivity contribution is -0.137. The maximum Gasteiger partial charge on any atom is 0.303 e. The van der Waals surface area contributed by atoms with E-state index in [0.29, 0.717) is 25.9 Å². The molecule has 1 amide bonds. The minimum Gasteiger partial charge on any atom is -0.497 e. The minimum absolute atomic E-state index is 0.0567. The molecule has 164 valence electrons. The summed E-state index contributed by atoms with van der Waals surface area (Å²) in [4.78, 5) is 26.0. The smallest absolute Gasteiger partial charge is 0.303 e. The van der Waals surface area contributed by atoms with Crippen LogP contribution in [0.1, 0.15) is 54.7 Å². The zero-order valence-electron chi connectivity index (χ0n) is 18.2. The van der Waals surface area contributed by atoms with E-state index in [1.807, 2.05) is 36.1 Å². The molecule has 1 atom stereocenters. The Kier molecular flexibility index (Phi) is 6.01. The van der Waals surface area contributed by atoms with Gasteiger partial charge < -0.3 is 20.1 Å². The average Bonchev–Trinajstić information content (AvgIpc) is 3.47. The van der Waals surface area contributed by atoms with Gasteiger partial charge in [-0.1, -0.05) is 29.8 Å².